The maximum Gasteiger partial charge on any atom is 0.249 e. The van der Waals surface area contributed by atoms with Crippen molar-refractivity contribution in [1.82, 2.24) is 5.32 Å². The van der Waals surface area contributed by atoms with Gasteiger partial charge in [-0.1, -0.05) is 6.42 Å². The predicted molar refractivity (Wildman–Crippen MR) is 42.2 cm³/mol. The average Bonchev–Trinajstić information content (AvgIpc) is 1.94. The van der Waals surface area contributed by atoms with Gasteiger partial charge in [-0.3, -0.25) is 4.79 Å². The molecule has 0 bridgehead atoms. The van der Waals surface area contributed by atoms with Crippen LogP contribution >= 0.6 is 0 Å². The smallest absolute Gasteiger partial charge is 0.249 e. The van der Waals surface area contributed by atoms with E-state index in [1.54, 1.807) is 14.2 Å². The Morgan fingerprint density at radius 1 is 1.64 bits per heavy atom. The third kappa shape index (κ3) is 1.71. The lowest BCUT2D eigenvalue weighted by molar-refractivity contribution is -0.135. The number of rotatable bonds is 3. The molecule has 0 radical (unpaired) electrons. The van der Waals surface area contributed by atoms with Crippen molar-refractivity contribution in [2.24, 2.45) is 5.92 Å². The number of hydrogen-bond donors (Lipinski definition) is 1. The molecule has 1 fully saturated rings. The van der Waals surface area contributed by atoms with Gasteiger partial charge in [0.05, 0.1) is 0 Å². The molecule has 1 aliphatic carbocycles. The fourth-order valence-electron chi connectivity index (χ4n) is 1.40. The quantitative estimate of drug-likeness (QED) is 0.649. The van der Waals surface area contributed by atoms with E-state index < -0.39 is 0 Å². The van der Waals surface area contributed by atoms with E-state index in [4.69, 9.17) is 4.74 Å². The summed E-state index contributed by atoms with van der Waals surface area (Å²) >= 11 is 0. The fourth-order valence-corrected chi connectivity index (χ4v) is 1.40. The Kier molecular flexibility index (Phi) is 2.88. The van der Waals surface area contributed by atoms with Crippen LogP contribution in [0.5, 0.6) is 0 Å². The van der Waals surface area contributed by atoms with E-state index >= 15 is 0 Å². The second-order valence-corrected chi connectivity index (χ2v) is 2.96. The van der Waals surface area contributed by atoms with Gasteiger partial charge in [-0.15, -0.1) is 0 Å². The molecule has 1 aliphatic rings. The maximum atomic E-state index is 11.1. The summed E-state index contributed by atoms with van der Waals surface area (Å²) in [5.74, 6) is 0.470. The lowest BCUT2D eigenvalue weighted by Gasteiger charge is -2.31. The van der Waals surface area contributed by atoms with Gasteiger partial charge in [0.1, 0.15) is 6.10 Å². The van der Waals surface area contributed by atoms with Gasteiger partial charge in [-0.05, 0) is 18.8 Å². The number of amides is 1. The monoisotopic (exact) mass is 157 g/mol. The van der Waals surface area contributed by atoms with Crippen LogP contribution < -0.4 is 5.32 Å². The molecule has 0 heterocycles. The van der Waals surface area contributed by atoms with E-state index in [2.05, 4.69) is 5.32 Å². The Hall–Kier alpha value is -0.570. The molecule has 1 atom stereocenters. The average molecular weight is 157 g/mol. The van der Waals surface area contributed by atoms with Crippen molar-refractivity contribution in [1.29, 1.82) is 0 Å². The van der Waals surface area contributed by atoms with Crippen LogP contribution in [0, 0.1) is 5.92 Å². The van der Waals surface area contributed by atoms with Gasteiger partial charge in [-0.25, -0.2) is 0 Å². The molecule has 0 aromatic heterocycles. The first kappa shape index (κ1) is 8.53. The molecule has 1 amide bonds. The minimum atomic E-state index is -0.214. The summed E-state index contributed by atoms with van der Waals surface area (Å²) in [6, 6.07) is 0. The van der Waals surface area contributed by atoms with Crippen molar-refractivity contribution in [3.05, 3.63) is 0 Å². The van der Waals surface area contributed by atoms with E-state index in [-0.39, 0.29) is 12.0 Å². The molecule has 0 aliphatic heterocycles. The van der Waals surface area contributed by atoms with E-state index in [1.807, 2.05) is 0 Å². The number of carbonyl (C=O) groups excluding carboxylic acids is 1. The highest BCUT2D eigenvalue weighted by molar-refractivity contribution is 5.80. The van der Waals surface area contributed by atoms with Crippen molar-refractivity contribution in [2.45, 2.75) is 25.4 Å². The second kappa shape index (κ2) is 3.72. The summed E-state index contributed by atoms with van der Waals surface area (Å²) in [7, 11) is 3.24. The molecule has 64 valence electrons. The molecule has 1 saturated carbocycles. The first-order chi connectivity index (χ1) is 5.29. The standard InChI is InChI=1S/C8H15NO2/c1-9-8(10)7(11-2)6-4-3-5-6/h6-7H,3-5H2,1-2H3,(H,9,10). The number of hydrogen-bond acceptors (Lipinski definition) is 2. The van der Waals surface area contributed by atoms with Crippen molar-refractivity contribution >= 4 is 5.91 Å². The van der Waals surface area contributed by atoms with Crippen molar-refractivity contribution < 1.29 is 9.53 Å². The minimum Gasteiger partial charge on any atom is -0.371 e. The Balaban J connectivity index is 2.40. The molecular weight excluding hydrogens is 142 g/mol. The van der Waals surface area contributed by atoms with Gasteiger partial charge in [0.25, 0.3) is 0 Å². The van der Waals surface area contributed by atoms with Gasteiger partial charge in [0.15, 0.2) is 0 Å². The molecule has 1 unspecified atom stereocenters. The number of methoxy groups -OCH3 is 1. The molecular formula is C8H15NO2. The van der Waals surface area contributed by atoms with Crippen LogP contribution in [0.1, 0.15) is 19.3 Å². The van der Waals surface area contributed by atoms with Crippen LogP contribution in [0.15, 0.2) is 0 Å². The zero-order valence-corrected chi connectivity index (χ0v) is 7.09. The molecule has 0 saturated heterocycles. The van der Waals surface area contributed by atoms with Gasteiger partial charge < -0.3 is 10.1 Å². The minimum absolute atomic E-state index is 0.0113. The predicted octanol–water partition coefficient (Wildman–Crippen LogP) is 0.547. The van der Waals surface area contributed by atoms with E-state index in [0.717, 1.165) is 12.8 Å². The Morgan fingerprint density at radius 3 is 2.55 bits per heavy atom. The second-order valence-electron chi connectivity index (χ2n) is 2.96. The molecule has 0 spiro atoms. The van der Waals surface area contributed by atoms with Crippen LogP contribution in [0.3, 0.4) is 0 Å². The van der Waals surface area contributed by atoms with E-state index in [1.165, 1.54) is 6.42 Å². The van der Waals surface area contributed by atoms with Crippen LogP contribution in [-0.2, 0) is 9.53 Å². The molecule has 0 aromatic carbocycles. The zero-order chi connectivity index (χ0) is 8.27. The number of nitrogens with one attached hydrogen (secondary N) is 1. The van der Waals surface area contributed by atoms with Gasteiger partial charge in [-0.2, -0.15) is 0 Å². The summed E-state index contributed by atoms with van der Waals surface area (Å²) in [5, 5.41) is 2.60. The summed E-state index contributed by atoms with van der Waals surface area (Å²) in [6.45, 7) is 0. The SMILES string of the molecule is CNC(=O)C(OC)C1CCC1. The summed E-state index contributed by atoms with van der Waals surface area (Å²) in [4.78, 5) is 11.1. The highest BCUT2D eigenvalue weighted by Gasteiger charge is 2.31. The zero-order valence-electron chi connectivity index (χ0n) is 7.09. The van der Waals surface area contributed by atoms with Crippen LogP contribution in [0.2, 0.25) is 0 Å². The van der Waals surface area contributed by atoms with Crippen LogP contribution in [0.4, 0.5) is 0 Å². The summed E-state index contributed by atoms with van der Waals surface area (Å²) < 4.78 is 5.09. The summed E-state index contributed by atoms with van der Waals surface area (Å²) in [6.07, 6.45) is 3.29. The molecule has 3 heteroatoms. The van der Waals surface area contributed by atoms with Crippen molar-refractivity contribution in [2.75, 3.05) is 14.2 Å². The maximum absolute atomic E-state index is 11.1. The largest absolute Gasteiger partial charge is 0.371 e. The lowest BCUT2D eigenvalue weighted by atomic mass is 9.81. The van der Waals surface area contributed by atoms with Crippen LogP contribution in [0.25, 0.3) is 0 Å². The van der Waals surface area contributed by atoms with Gasteiger partial charge in [0, 0.05) is 14.2 Å². The Morgan fingerprint density at radius 2 is 2.27 bits per heavy atom. The molecule has 3 nitrogen and oxygen atoms in total. The van der Waals surface area contributed by atoms with Crippen molar-refractivity contribution in [3.63, 3.8) is 0 Å². The van der Waals surface area contributed by atoms with Crippen LogP contribution in [-0.4, -0.2) is 26.2 Å². The molecule has 1 N–H and O–H groups in total. The molecule has 0 aromatic rings. The number of likely N-dealkylation sites (N-methyl/N-ethyl adjacent to an activating group) is 1. The number of ether oxygens (including phenoxy) is 1. The fraction of sp³-hybridized carbons (Fsp3) is 0.875. The van der Waals surface area contributed by atoms with E-state index in [9.17, 15) is 4.79 Å². The third-order valence-corrected chi connectivity index (χ3v) is 2.34. The first-order valence-corrected chi connectivity index (χ1v) is 4.04. The Labute approximate surface area is 67.1 Å². The van der Waals surface area contributed by atoms with Crippen molar-refractivity contribution in [3.8, 4) is 0 Å². The highest BCUT2D eigenvalue weighted by atomic mass is 16.5. The van der Waals surface area contributed by atoms with E-state index in [0.29, 0.717) is 5.92 Å². The Bertz CT molecular complexity index is 143. The molecule has 11 heavy (non-hydrogen) atoms. The topological polar surface area (TPSA) is 38.3 Å². The number of carbonyl (C=O) groups is 1. The first-order valence-electron chi connectivity index (χ1n) is 4.04. The summed E-state index contributed by atoms with van der Waals surface area (Å²) in [5.41, 5.74) is 0. The molecule has 1 rings (SSSR count). The lowest BCUT2D eigenvalue weighted by Crippen LogP contribution is -2.41. The van der Waals surface area contributed by atoms with Gasteiger partial charge >= 0.3 is 0 Å². The third-order valence-electron chi connectivity index (χ3n) is 2.34. The normalized spacial score (nSPS) is 20.5. The highest BCUT2D eigenvalue weighted by Crippen LogP contribution is 2.30. The van der Waals surface area contributed by atoms with Gasteiger partial charge in [0.2, 0.25) is 5.91 Å².